The summed E-state index contributed by atoms with van der Waals surface area (Å²) < 4.78 is 15.1. The second-order valence-electron chi connectivity index (χ2n) is 7.71. The number of amides is 1. The van der Waals surface area contributed by atoms with Crippen LogP contribution in [0.15, 0.2) is 73.1 Å². The molecule has 162 valence electrons. The number of halogens is 1. The first-order valence-corrected chi connectivity index (χ1v) is 10.3. The lowest BCUT2D eigenvalue weighted by Gasteiger charge is -2.20. The number of rotatable bonds is 8. The van der Waals surface area contributed by atoms with E-state index in [-0.39, 0.29) is 24.0 Å². The predicted octanol–water partition coefficient (Wildman–Crippen LogP) is 4.05. The molecule has 7 heteroatoms. The molecule has 0 aliphatic heterocycles. The van der Waals surface area contributed by atoms with Gasteiger partial charge < -0.3 is 16.0 Å². The fourth-order valence-electron chi connectivity index (χ4n) is 3.60. The molecule has 0 bridgehead atoms. The number of hydrogen-bond donors (Lipinski definition) is 2. The maximum absolute atomic E-state index is 15.1. The lowest BCUT2D eigenvalue weighted by molar-refractivity contribution is -0.117. The highest BCUT2D eigenvalue weighted by Gasteiger charge is 2.15. The number of benzene rings is 3. The Kier molecular flexibility index (Phi) is 6.26. The Hall–Kier alpha value is -4.00. The van der Waals surface area contributed by atoms with Crippen molar-refractivity contribution in [2.24, 2.45) is 5.73 Å². The normalized spacial score (nSPS) is 10.8. The van der Waals surface area contributed by atoms with Crippen LogP contribution in [0.2, 0.25) is 0 Å². The highest BCUT2D eigenvalue weighted by atomic mass is 19.1. The van der Waals surface area contributed by atoms with E-state index in [9.17, 15) is 4.79 Å². The van der Waals surface area contributed by atoms with Crippen LogP contribution in [0.5, 0.6) is 0 Å². The number of anilines is 2. The van der Waals surface area contributed by atoms with E-state index in [1.807, 2.05) is 49.5 Å². The molecule has 0 atom stereocenters. The standard InChI is InChI=1S/C25H24FN5O/c1-31(15-19-10-11-20-4-2-3-5-21(20)12-19)25-23(26)24(29-16-30-25)28-14-18-8-6-17(7-9-18)13-22(27)32/h2-12,16H,13-15H2,1H3,(H2,27,32)(H,28,29,30). The summed E-state index contributed by atoms with van der Waals surface area (Å²) in [4.78, 5) is 21.0. The molecule has 1 heterocycles. The molecule has 4 aromatic rings. The quantitative estimate of drug-likeness (QED) is 0.442. The molecule has 0 aliphatic carbocycles. The van der Waals surface area contributed by atoms with Gasteiger partial charge in [0.1, 0.15) is 6.33 Å². The summed E-state index contributed by atoms with van der Waals surface area (Å²) in [5.41, 5.74) is 8.05. The average Bonchev–Trinajstić information content (AvgIpc) is 2.79. The van der Waals surface area contributed by atoms with Gasteiger partial charge in [-0.05, 0) is 33.5 Å². The Balaban J connectivity index is 1.44. The minimum atomic E-state index is -0.499. The molecular formula is C25H24FN5O. The third-order valence-corrected chi connectivity index (χ3v) is 5.23. The Morgan fingerprint density at radius 1 is 0.969 bits per heavy atom. The van der Waals surface area contributed by atoms with Crippen LogP contribution in [0.1, 0.15) is 16.7 Å². The Morgan fingerprint density at radius 3 is 2.41 bits per heavy atom. The molecule has 0 spiro atoms. The molecule has 6 nitrogen and oxygen atoms in total. The number of nitrogens with zero attached hydrogens (tertiary/aromatic N) is 3. The zero-order valence-electron chi connectivity index (χ0n) is 17.8. The summed E-state index contributed by atoms with van der Waals surface area (Å²) in [5, 5.41) is 5.34. The number of carbonyl (C=O) groups excluding carboxylic acids is 1. The number of nitrogens with one attached hydrogen (secondary N) is 1. The van der Waals surface area contributed by atoms with Gasteiger partial charge in [-0.15, -0.1) is 0 Å². The van der Waals surface area contributed by atoms with Gasteiger partial charge in [0.2, 0.25) is 11.7 Å². The Labute approximate surface area is 185 Å². The largest absolute Gasteiger partial charge is 0.369 e. The van der Waals surface area contributed by atoms with Crippen LogP contribution in [0.4, 0.5) is 16.0 Å². The SMILES string of the molecule is CN(Cc1ccc2ccccc2c1)c1ncnc(NCc2ccc(CC(N)=O)cc2)c1F. The van der Waals surface area contributed by atoms with Crippen LogP contribution in [0.25, 0.3) is 10.8 Å². The second kappa shape index (κ2) is 9.43. The molecule has 0 saturated heterocycles. The van der Waals surface area contributed by atoms with Gasteiger partial charge in [0, 0.05) is 20.1 Å². The number of primary amides is 1. The van der Waals surface area contributed by atoms with E-state index in [1.165, 1.54) is 11.7 Å². The van der Waals surface area contributed by atoms with Gasteiger partial charge in [-0.25, -0.2) is 9.97 Å². The third-order valence-electron chi connectivity index (χ3n) is 5.23. The molecule has 0 saturated carbocycles. The van der Waals surface area contributed by atoms with Crippen LogP contribution < -0.4 is 16.0 Å². The van der Waals surface area contributed by atoms with Crippen molar-refractivity contribution < 1.29 is 9.18 Å². The van der Waals surface area contributed by atoms with Crippen molar-refractivity contribution in [2.45, 2.75) is 19.5 Å². The smallest absolute Gasteiger partial charge is 0.221 e. The van der Waals surface area contributed by atoms with Gasteiger partial charge in [-0.1, -0.05) is 60.7 Å². The van der Waals surface area contributed by atoms with Gasteiger partial charge >= 0.3 is 0 Å². The topological polar surface area (TPSA) is 84.1 Å². The molecule has 1 aromatic heterocycles. The molecule has 0 fully saturated rings. The Bertz CT molecular complexity index is 1240. The van der Waals surface area contributed by atoms with Crippen molar-refractivity contribution in [3.8, 4) is 0 Å². The van der Waals surface area contributed by atoms with Crippen molar-refractivity contribution in [3.05, 3.63) is 95.6 Å². The fourth-order valence-corrected chi connectivity index (χ4v) is 3.60. The molecule has 0 aliphatic rings. The van der Waals surface area contributed by atoms with Crippen LogP contribution in [0, 0.1) is 5.82 Å². The molecule has 0 unspecified atom stereocenters. The predicted molar refractivity (Wildman–Crippen MR) is 125 cm³/mol. The molecule has 3 aromatic carbocycles. The zero-order chi connectivity index (χ0) is 22.5. The van der Waals surface area contributed by atoms with E-state index < -0.39 is 5.82 Å². The van der Waals surface area contributed by atoms with Crippen molar-refractivity contribution in [1.29, 1.82) is 0 Å². The molecule has 0 radical (unpaired) electrons. The molecule has 3 N–H and O–H groups in total. The fraction of sp³-hybridized carbons (Fsp3) is 0.160. The first-order chi connectivity index (χ1) is 15.5. The van der Waals surface area contributed by atoms with Crippen molar-refractivity contribution in [2.75, 3.05) is 17.3 Å². The summed E-state index contributed by atoms with van der Waals surface area (Å²) in [5.74, 6) is -0.505. The van der Waals surface area contributed by atoms with Crippen LogP contribution in [-0.4, -0.2) is 22.9 Å². The minimum Gasteiger partial charge on any atom is -0.369 e. The second-order valence-corrected chi connectivity index (χ2v) is 7.71. The zero-order valence-corrected chi connectivity index (χ0v) is 17.8. The van der Waals surface area contributed by atoms with E-state index in [0.29, 0.717) is 13.1 Å². The highest BCUT2D eigenvalue weighted by molar-refractivity contribution is 5.83. The molecule has 4 rings (SSSR count). The van der Waals surface area contributed by atoms with Crippen molar-refractivity contribution >= 4 is 28.3 Å². The van der Waals surface area contributed by atoms with Crippen molar-refractivity contribution in [3.63, 3.8) is 0 Å². The highest BCUT2D eigenvalue weighted by Crippen LogP contribution is 2.23. The minimum absolute atomic E-state index is 0.140. The van der Waals surface area contributed by atoms with E-state index in [4.69, 9.17) is 5.73 Å². The van der Waals surface area contributed by atoms with E-state index in [0.717, 1.165) is 22.1 Å². The first kappa shape index (κ1) is 21.2. The maximum atomic E-state index is 15.1. The summed E-state index contributed by atoms with van der Waals surface area (Å²) in [6.45, 7) is 0.901. The average molecular weight is 429 g/mol. The maximum Gasteiger partial charge on any atom is 0.221 e. The Morgan fingerprint density at radius 2 is 1.66 bits per heavy atom. The van der Waals surface area contributed by atoms with Gasteiger partial charge in [0.25, 0.3) is 0 Å². The summed E-state index contributed by atoms with van der Waals surface area (Å²) in [6.07, 6.45) is 1.55. The summed E-state index contributed by atoms with van der Waals surface area (Å²) in [7, 11) is 1.81. The monoisotopic (exact) mass is 429 g/mol. The number of hydrogen-bond acceptors (Lipinski definition) is 5. The van der Waals surface area contributed by atoms with Crippen LogP contribution in [-0.2, 0) is 24.3 Å². The number of carbonyl (C=O) groups is 1. The van der Waals surface area contributed by atoms with Crippen LogP contribution in [0.3, 0.4) is 0 Å². The van der Waals surface area contributed by atoms with Crippen molar-refractivity contribution in [1.82, 2.24) is 9.97 Å². The number of fused-ring (bicyclic) bond motifs is 1. The summed E-state index contributed by atoms with van der Waals surface area (Å²) in [6, 6.07) is 21.8. The van der Waals surface area contributed by atoms with E-state index >= 15 is 4.39 Å². The van der Waals surface area contributed by atoms with Gasteiger partial charge in [0.15, 0.2) is 11.6 Å². The van der Waals surface area contributed by atoms with Gasteiger partial charge in [-0.3, -0.25) is 4.79 Å². The van der Waals surface area contributed by atoms with Gasteiger partial charge in [0.05, 0.1) is 6.42 Å². The van der Waals surface area contributed by atoms with Gasteiger partial charge in [-0.2, -0.15) is 4.39 Å². The van der Waals surface area contributed by atoms with Crippen LogP contribution >= 0.6 is 0 Å². The number of nitrogens with two attached hydrogens (primary N) is 1. The lowest BCUT2D eigenvalue weighted by atomic mass is 10.1. The molecule has 1 amide bonds. The van der Waals surface area contributed by atoms with E-state index in [2.05, 4.69) is 39.6 Å². The summed E-state index contributed by atoms with van der Waals surface area (Å²) >= 11 is 0. The molecule has 32 heavy (non-hydrogen) atoms. The molecular weight excluding hydrogens is 405 g/mol. The van der Waals surface area contributed by atoms with E-state index in [1.54, 1.807) is 4.90 Å². The number of aromatic nitrogens is 2. The third kappa shape index (κ3) is 5.00. The first-order valence-electron chi connectivity index (χ1n) is 10.3. The lowest BCUT2D eigenvalue weighted by Crippen LogP contribution is -2.20.